The summed E-state index contributed by atoms with van der Waals surface area (Å²) in [6.45, 7) is 5.39. The normalized spacial score (nSPS) is 23.8. The Bertz CT molecular complexity index is 1650. The fraction of sp³-hybridized carbons (Fsp3) is 0.452. The summed E-state index contributed by atoms with van der Waals surface area (Å²) in [5.41, 5.74) is 6.29. The lowest BCUT2D eigenvalue weighted by atomic mass is 9.88. The highest BCUT2D eigenvalue weighted by atomic mass is 32.2. The van der Waals surface area contributed by atoms with Crippen molar-refractivity contribution in [3.8, 4) is 0 Å². The van der Waals surface area contributed by atoms with E-state index in [-0.39, 0.29) is 18.4 Å². The summed E-state index contributed by atoms with van der Waals surface area (Å²) >= 11 is 1.65. The first-order valence-corrected chi connectivity index (χ1v) is 20.2. The molecule has 4 aliphatic rings. The third kappa shape index (κ3) is 8.73. The van der Waals surface area contributed by atoms with Gasteiger partial charge in [-0.25, -0.2) is 9.80 Å². The minimum absolute atomic E-state index is 0.173. The Hall–Kier alpha value is -4.12. The van der Waals surface area contributed by atoms with Gasteiger partial charge in [0.15, 0.2) is 0 Å². The third-order valence-electron chi connectivity index (χ3n) is 11.0. The van der Waals surface area contributed by atoms with E-state index in [1.807, 2.05) is 91.0 Å². The van der Waals surface area contributed by atoms with E-state index < -0.39 is 30.3 Å². The number of hydrazine groups is 1. The Morgan fingerprint density at radius 3 is 2.25 bits per heavy atom. The number of carbonyl (C=O) groups is 3. The fourth-order valence-electron chi connectivity index (χ4n) is 8.06. The van der Waals surface area contributed by atoms with Crippen LogP contribution >= 0.6 is 11.8 Å². The number of ether oxygens (including phenoxy) is 1. The maximum Gasteiger partial charge on any atom is 0.411 e. The number of piperidine rings is 2. The molecule has 0 radical (unpaired) electrons. The number of thioether (sulfide) groups is 1. The van der Waals surface area contributed by atoms with Crippen LogP contribution in [0.15, 0.2) is 97.1 Å². The number of cyclic esters (lactones) is 1. The molecule has 4 fully saturated rings. The fourth-order valence-corrected chi connectivity index (χ4v) is 9.14. The van der Waals surface area contributed by atoms with Gasteiger partial charge < -0.3 is 14.5 Å². The highest BCUT2D eigenvalue weighted by molar-refractivity contribution is 7.98. The van der Waals surface area contributed by atoms with E-state index in [2.05, 4.69) is 27.5 Å². The summed E-state index contributed by atoms with van der Waals surface area (Å²) < 4.78 is 5.57. The second-order valence-corrected chi connectivity index (χ2v) is 15.5. The van der Waals surface area contributed by atoms with Crippen molar-refractivity contribution in [2.45, 2.75) is 68.4 Å². The molecule has 4 heterocycles. The zero-order valence-electron chi connectivity index (χ0n) is 29.9. The zero-order valence-corrected chi connectivity index (χ0v) is 30.7. The molecule has 3 aromatic rings. The predicted octanol–water partition coefficient (Wildman–Crippen LogP) is 6.39. The quantitative estimate of drug-likeness (QED) is 0.193. The molecule has 3 amide bonds. The van der Waals surface area contributed by atoms with Crippen LogP contribution in [0.3, 0.4) is 0 Å². The molecule has 4 saturated heterocycles. The van der Waals surface area contributed by atoms with Gasteiger partial charge in [0.2, 0.25) is 5.91 Å². The van der Waals surface area contributed by atoms with Crippen LogP contribution in [0.2, 0.25) is 0 Å². The molecule has 7 rings (SSSR count). The first-order chi connectivity index (χ1) is 25.5. The average molecular weight is 722 g/mol. The van der Waals surface area contributed by atoms with Crippen LogP contribution in [-0.2, 0) is 20.1 Å². The molecule has 4 atom stereocenters. The smallest absolute Gasteiger partial charge is 0.411 e. The number of likely N-dealkylation sites (tertiary alicyclic amines) is 2. The molecule has 3 aromatic carbocycles. The molecule has 2 unspecified atom stereocenters. The van der Waals surface area contributed by atoms with Crippen LogP contribution in [-0.4, -0.2) is 101 Å². The molecule has 0 saturated carbocycles. The van der Waals surface area contributed by atoms with E-state index in [0.717, 1.165) is 48.4 Å². The maximum absolute atomic E-state index is 14.4. The number of amides is 3. The number of carbonyl (C=O) groups excluding carboxylic acids is 3. The second-order valence-electron chi connectivity index (χ2n) is 14.5. The zero-order chi connectivity index (χ0) is 35.7. The van der Waals surface area contributed by atoms with Gasteiger partial charge >= 0.3 is 6.09 Å². The summed E-state index contributed by atoms with van der Waals surface area (Å²) in [7, 11) is 0. The van der Waals surface area contributed by atoms with Gasteiger partial charge in [-0.05, 0) is 74.3 Å². The SMILES string of the molecule is O=C(NN1CCC(CCN2CCCCC2)CC1)[C@@H](CSCc1ccccc1)N1C(=O)C(N2C(=O)OC[C@@H]2c2ccccc2)C1C=Cc1ccccc1. The minimum Gasteiger partial charge on any atom is -0.447 e. The van der Waals surface area contributed by atoms with Crippen LogP contribution in [0, 0.1) is 5.92 Å². The van der Waals surface area contributed by atoms with E-state index >= 15 is 0 Å². The number of hydrogen-bond acceptors (Lipinski definition) is 7. The summed E-state index contributed by atoms with van der Waals surface area (Å²) in [5, 5.41) is 2.05. The molecule has 0 aromatic heterocycles. The number of benzene rings is 3. The molecule has 10 heteroatoms. The predicted molar refractivity (Wildman–Crippen MR) is 206 cm³/mol. The lowest BCUT2D eigenvalue weighted by molar-refractivity contribution is -0.162. The molecule has 0 aliphatic carbocycles. The van der Waals surface area contributed by atoms with Crippen molar-refractivity contribution >= 4 is 35.7 Å². The van der Waals surface area contributed by atoms with E-state index in [0.29, 0.717) is 11.7 Å². The average Bonchev–Trinajstić information content (AvgIpc) is 3.57. The van der Waals surface area contributed by atoms with Gasteiger partial charge in [-0.3, -0.25) is 19.9 Å². The monoisotopic (exact) mass is 721 g/mol. The van der Waals surface area contributed by atoms with Crippen molar-refractivity contribution < 1.29 is 19.1 Å². The summed E-state index contributed by atoms with van der Waals surface area (Å²) in [4.78, 5) is 48.0. The van der Waals surface area contributed by atoms with Crippen LogP contribution in [0.4, 0.5) is 4.79 Å². The Morgan fingerprint density at radius 1 is 0.865 bits per heavy atom. The van der Waals surface area contributed by atoms with Gasteiger partial charge in [0.25, 0.3) is 5.91 Å². The highest BCUT2D eigenvalue weighted by Gasteiger charge is 2.58. The Morgan fingerprint density at radius 2 is 1.54 bits per heavy atom. The van der Waals surface area contributed by atoms with Gasteiger partial charge in [-0.15, -0.1) is 0 Å². The van der Waals surface area contributed by atoms with Crippen molar-refractivity contribution in [3.63, 3.8) is 0 Å². The standard InChI is InChI=1S/C42H51N5O4S/c48-40(43-45-27-22-33(23-28-45)21-26-44-24-11-4-12-25-44)38(31-52-30-34-15-7-2-8-16-34)46-36(20-19-32-13-5-1-6-14-32)39(41(46)49)47-37(29-51-42(47)50)35-17-9-3-10-18-35/h1-3,5-10,13-20,33,36-39H,4,11-12,21-31H2,(H,43,48)/t36?,37-,38-,39?/m1/s1. The summed E-state index contributed by atoms with van der Waals surface area (Å²) in [6, 6.07) is 27.4. The number of nitrogens with zero attached hydrogens (tertiary/aromatic N) is 4. The molecular formula is C42H51N5O4S. The molecule has 274 valence electrons. The number of β-lactam (4-membered cyclic amide) rings is 1. The summed E-state index contributed by atoms with van der Waals surface area (Å²) in [6.07, 6.45) is 10.7. The Labute approximate surface area is 312 Å². The molecule has 1 N–H and O–H groups in total. The van der Waals surface area contributed by atoms with E-state index in [4.69, 9.17) is 4.74 Å². The molecule has 0 spiro atoms. The summed E-state index contributed by atoms with van der Waals surface area (Å²) in [5.74, 6) is 1.39. The van der Waals surface area contributed by atoms with E-state index in [9.17, 15) is 14.4 Å². The molecule has 52 heavy (non-hydrogen) atoms. The van der Waals surface area contributed by atoms with Crippen LogP contribution in [0.25, 0.3) is 6.08 Å². The number of nitrogens with one attached hydrogen (secondary N) is 1. The van der Waals surface area contributed by atoms with Crippen molar-refractivity contribution in [2.24, 2.45) is 5.92 Å². The first-order valence-electron chi connectivity index (χ1n) is 19.0. The molecule has 9 nitrogen and oxygen atoms in total. The minimum atomic E-state index is -0.787. The first kappa shape index (κ1) is 36.2. The lowest BCUT2D eigenvalue weighted by Crippen LogP contribution is -2.75. The number of rotatable bonds is 14. The van der Waals surface area contributed by atoms with E-state index in [1.165, 1.54) is 45.3 Å². The third-order valence-corrected chi connectivity index (χ3v) is 12.1. The van der Waals surface area contributed by atoms with Gasteiger partial charge in [0, 0.05) is 24.6 Å². The van der Waals surface area contributed by atoms with Gasteiger partial charge in [-0.1, -0.05) is 110 Å². The largest absolute Gasteiger partial charge is 0.447 e. The van der Waals surface area contributed by atoms with Crippen LogP contribution in [0.5, 0.6) is 0 Å². The van der Waals surface area contributed by atoms with Gasteiger partial charge in [-0.2, -0.15) is 11.8 Å². The van der Waals surface area contributed by atoms with Crippen LogP contribution in [0.1, 0.15) is 61.3 Å². The van der Waals surface area contributed by atoms with Crippen molar-refractivity contribution in [3.05, 3.63) is 114 Å². The maximum atomic E-state index is 14.4. The Kier molecular flexibility index (Phi) is 12.3. The van der Waals surface area contributed by atoms with Crippen LogP contribution < -0.4 is 5.43 Å². The molecule has 0 bridgehead atoms. The topological polar surface area (TPSA) is 85.4 Å². The lowest BCUT2D eigenvalue weighted by Gasteiger charge is -2.52. The second kappa shape index (κ2) is 17.6. The van der Waals surface area contributed by atoms with Gasteiger partial charge in [0.05, 0.1) is 12.1 Å². The van der Waals surface area contributed by atoms with Crippen molar-refractivity contribution in [1.29, 1.82) is 0 Å². The van der Waals surface area contributed by atoms with E-state index in [1.54, 1.807) is 21.6 Å². The molecule has 4 aliphatic heterocycles. The van der Waals surface area contributed by atoms with Crippen molar-refractivity contribution in [2.75, 3.05) is 45.1 Å². The van der Waals surface area contributed by atoms with Crippen molar-refractivity contribution in [1.82, 2.24) is 25.1 Å². The Balaban J connectivity index is 1.09. The number of hydrogen-bond donors (Lipinski definition) is 1. The molecular weight excluding hydrogens is 671 g/mol. The highest BCUT2D eigenvalue weighted by Crippen LogP contribution is 2.39. The van der Waals surface area contributed by atoms with Gasteiger partial charge in [0.1, 0.15) is 18.7 Å².